The van der Waals surface area contributed by atoms with Crippen LogP contribution in [0, 0.1) is 6.92 Å². The molecule has 0 spiro atoms. The number of ether oxygens (including phenoxy) is 2. The highest BCUT2D eigenvalue weighted by atomic mass is 32.1. The summed E-state index contributed by atoms with van der Waals surface area (Å²) in [6.07, 6.45) is 0.179. The van der Waals surface area contributed by atoms with Crippen molar-refractivity contribution in [1.29, 1.82) is 0 Å². The molecule has 2 N–H and O–H groups in total. The van der Waals surface area contributed by atoms with Crippen LogP contribution in [-0.4, -0.2) is 57.0 Å². The summed E-state index contributed by atoms with van der Waals surface area (Å²) in [5, 5.41) is 14.2. The fourth-order valence-electron chi connectivity index (χ4n) is 4.06. The first kappa shape index (κ1) is 28.4. The minimum Gasteiger partial charge on any atom is -0.474 e. The lowest BCUT2D eigenvalue weighted by atomic mass is 10.0. The number of pyridine rings is 2. The molecule has 0 aromatic carbocycles. The van der Waals surface area contributed by atoms with Crippen LogP contribution in [0.25, 0.3) is 33.2 Å². The van der Waals surface area contributed by atoms with E-state index in [0.29, 0.717) is 60.7 Å². The number of nitrogens with one attached hydrogen (secondary N) is 2. The van der Waals surface area contributed by atoms with Gasteiger partial charge in [0.05, 0.1) is 18.8 Å². The maximum absolute atomic E-state index is 13.5. The highest BCUT2D eigenvalue weighted by Crippen LogP contribution is 2.42. The molecule has 0 unspecified atom stereocenters. The molecule has 0 atom stereocenters. The normalized spacial score (nSPS) is 14.2. The number of urea groups is 1. The third kappa shape index (κ3) is 6.79. The molecule has 216 valence electrons. The van der Waals surface area contributed by atoms with Crippen LogP contribution in [0.4, 0.5) is 23.8 Å². The van der Waals surface area contributed by atoms with Crippen LogP contribution in [0.2, 0.25) is 0 Å². The van der Waals surface area contributed by atoms with Crippen LogP contribution in [0.15, 0.2) is 34.3 Å². The lowest BCUT2D eigenvalue weighted by Crippen LogP contribution is -2.29. The van der Waals surface area contributed by atoms with Gasteiger partial charge in [-0.05, 0) is 18.6 Å². The molecule has 1 saturated heterocycles. The number of rotatable bonds is 8. The number of carbonyl (C=O) groups excluding carboxylic acids is 1. The number of aryl methyl sites for hydroxylation is 1. The molecular weight excluding hydrogens is 563 g/mol. The zero-order valence-electron chi connectivity index (χ0n) is 22.1. The third-order valence-electron chi connectivity index (χ3n) is 6.07. The lowest BCUT2D eigenvalue weighted by Gasteiger charge is -2.24. The largest absolute Gasteiger partial charge is 0.474 e. The van der Waals surface area contributed by atoms with Gasteiger partial charge in [0.1, 0.15) is 16.9 Å². The number of amides is 2. The summed E-state index contributed by atoms with van der Waals surface area (Å²) in [6, 6.07) is 2.68. The Labute approximate surface area is 236 Å². The number of thiazole rings is 1. The zero-order chi connectivity index (χ0) is 29.0. The van der Waals surface area contributed by atoms with Crippen molar-refractivity contribution in [3.8, 4) is 39.0 Å². The molecule has 15 heteroatoms. The van der Waals surface area contributed by atoms with Crippen molar-refractivity contribution in [2.24, 2.45) is 0 Å². The molecule has 0 aliphatic carbocycles. The molecule has 41 heavy (non-hydrogen) atoms. The molecule has 4 aromatic rings. The van der Waals surface area contributed by atoms with E-state index in [4.69, 9.17) is 13.9 Å². The summed E-state index contributed by atoms with van der Waals surface area (Å²) < 4.78 is 57.7. The number of nitrogens with zero attached hydrogens (tertiary/aromatic N) is 5. The highest BCUT2D eigenvalue weighted by molar-refractivity contribution is 7.13. The SMILES string of the molecule is CCCNC(=O)Nc1cc(-c2nc(C(F)(F)F)cs2)c(-c2cc(-c3nnc(C)o3)cnc2OC2CCOCC2)cn1. The van der Waals surface area contributed by atoms with Gasteiger partial charge in [-0.15, -0.1) is 21.5 Å². The first-order chi connectivity index (χ1) is 19.7. The predicted octanol–water partition coefficient (Wildman–Crippen LogP) is 5.73. The topological polar surface area (TPSA) is 137 Å². The third-order valence-corrected chi connectivity index (χ3v) is 6.94. The van der Waals surface area contributed by atoms with Gasteiger partial charge in [0.15, 0.2) is 5.69 Å². The molecule has 0 bridgehead atoms. The molecule has 11 nitrogen and oxygen atoms in total. The van der Waals surface area contributed by atoms with E-state index < -0.39 is 17.9 Å². The quantitative estimate of drug-likeness (QED) is 0.264. The molecule has 0 saturated carbocycles. The van der Waals surface area contributed by atoms with Crippen molar-refractivity contribution >= 4 is 23.2 Å². The summed E-state index contributed by atoms with van der Waals surface area (Å²) in [5.74, 6) is 0.937. The molecule has 2 amide bonds. The average molecular weight is 590 g/mol. The van der Waals surface area contributed by atoms with Gasteiger partial charge in [0, 0.05) is 60.8 Å². The van der Waals surface area contributed by atoms with Crippen molar-refractivity contribution in [2.45, 2.75) is 45.4 Å². The van der Waals surface area contributed by atoms with E-state index in [-0.39, 0.29) is 28.7 Å². The van der Waals surface area contributed by atoms with E-state index in [1.807, 2.05) is 6.92 Å². The number of aromatic nitrogens is 5. The van der Waals surface area contributed by atoms with Gasteiger partial charge in [-0.1, -0.05) is 6.92 Å². The number of hydrogen-bond acceptors (Lipinski definition) is 10. The van der Waals surface area contributed by atoms with Gasteiger partial charge in [0.25, 0.3) is 0 Å². The van der Waals surface area contributed by atoms with Gasteiger partial charge in [-0.3, -0.25) is 5.32 Å². The molecule has 1 fully saturated rings. The van der Waals surface area contributed by atoms with Crippen molar-refractivity contribution in [1.82, 2.24) is 30.5 Å². The summed E-state index contributed by atoms with van der Waals surface area (Å²) in [6.45, 7) is 5.07. The van der Waals surface area contributed by atoms with E-state index in [9.17, 15) is 18.0 Å². The van der Waals surface area contributed by atoms with Crippen LogP contribution in [-0.2, 0) is 10.9 Å². The number of hydrogen-bond donors (Lipinski definition) is 2. The zero-order valence-corrected chi connectivity index (χ0v) is 22.9. The monoisotopic (exact) mass is 589 g/mol. The van der Waals surface area contributed by atoms with E-state index in [1.54, 1.807) is 13.0 Å². The molecule has 5 heterocycles. The minimum atomic E-state index is -4.63. The molecule has 0 radical (unpaired) electrons. The second-order valence-electron chi connectivity index (χ2n) is 9.16. The van der Waals surface area contributed by atoms with Crippen LogP contribution in [0.5, 0.6) is 5.88 Å². The van der Waals surface area contributed by atoms with Gasteiger partial charge in [-0.2, -0.15) is 13.2 Å². The standard InChI is InChI=1S/C26H26F3N7O4S/c1-3-6-30-25(37)34-21-10-18(24-33-20(13-41-24)26(27,28)29)19(12-31-21)17-9-15(22-36-35-14(2)39-22)11-32-23(17)40-16-4-7-38-8-5-16/h9-13,16H,3-8H2,1-2H3,(H2,30,31,34,37). The minimum absolute atomic E-state index is 0.0720. The Morgan fingerprint density at radius 3 is 2.61 bits per heavy atom. The van der Waals surface area contributed by atoms with E-state index >= 15 is 0 Å². The molecule has 4 aromatic heterocycles. The van der Waals surface area contributed by atoms with Gasteiger partial charge in [-0.25, -0.2) is 19.7 Å². The Hall–Kier alpha value is -4.11. The summed E-state index contributed by atoms with van der Waals surface area (Å²) in [4.78, 5) is 25.0. The van der Waals surface area contributed by atoms with Gasteiger partial charge in [0.2, 0.25) is 17.7 Å². The first-order valence-electron chi connectivity index (χ1n) is 12.8. The Bertz CT molecular complexity index is 1520. The van der Waals surface area contributed by atoms with Gasteiger partial charge >= 0.3 is 12.2 Å². The highest BCUT2D eigenvalue weighted by Gasteiger charge is 2.34. The van der Waals surface area contributed by atoms with E-state index in [0.717, 1.165) is 23.1 Å². The Morgan fingerprint density at radius 2 is 1.93 bits per heavy atom. The Morgan fingerprint density at radius 1 is 1.12 bits per heavy atom. The van der Waals surface area contributed by atoms with Crippen LogP contribution >= 0.6 is 11.3 Å². The van der Waals surface area contributed by atoms with Crippen molar-refractivity contribution < 1.29 is 31.9 Å². The Balaban J connectivity index is 1.63. The summed E-state index contributed by atoms with van der Waals surface area (Å²) in [5.41, 5.74) is 0.562. The second-order valence-corrected chi connectivity index (χ2v) is 10.0. The molecular formula is C26H26F3N7O4S. The summed E-state index contributed by atoms with van der Waals surface area (Å²) in [7, 11) is 0. The number of carbonyl (C=O) groups is 1. The molecule has 1 aliphatic heterocycles. The fourth-order valence-corrected chi connectivity index (χ4v) is 4.92. The molecule has 5 rings (SSSR count). The molecule has 1 aliphatic rings. The second kappa shape index (κ2) is 12.2. The van der Waals surface area contributed by atoms with Gasteiger partial charge < -0.3 is 19.2 Å². The van der Waals surface area contributed by atoms with Crippen LogP contribution < -0.4 is 15.4 Å². The fraction of sp³-hybridized carbons (Fsp3) is 0.385. The van der Waals surface area contributed by atoms with Crippen LogP contribution in [0.3, 0.4) is 0 Å². The summed E-state index contributed by atoms with van der Waals surface area (Å²) >= 11 is 0.819. The van der Waals surface area contributed by atoms with Crippen molar-refractivity contribution in [2.75, 3.05) is 25.1 Å². The number of alkyl halides is 3. The Kier molecular flexibility index (Phi) is 8.44. The first-order valence-corrected chi connectivity index (χ1v) is 13.7. The van der Waals surface area contributed by atoms with E-state index in [1.165, 1.54) is 18.5 Å². The maximum atomic E-state index is 13.5. The predicted molar refractivity (Wildman–Crippen MR) is 143 cm³/mol. The number of anilines is 1. The smallest absolute Gasteiger partial charge is 0.434 e. The van der Waals surface area contributed by atoms with Crippen LogP contribution in [0.1, 0.15) is 37.8 Å². The van der Waals surface area contributed by atoms with E-state index in [2.05, 4.69) is 35.8 Å². The maximum Gasteiger partial charge on any atom is 0.434 e. The van der Waals surface area contributed by atoms with Crippen molar-refractivity contribution in [3.63, 3.8) is 0 Å². The van der Waals surface area contributed by atoms with Crippen molar-refractivity contribution in [3.05, 3.63) is 41.5 Å². The average Bonchev–Trinajstić information content (AvgIpc) is 3.63. The lowest BCUT2D eigenvalue weighted by molar-refractivity contribution is -0.140. The number of halogens is 3.